The molecule has 0 fully saturated rings. The molecular weight excluding hydrogens is 247 g/mol. The summed E-state index contributed by atoms with van der Waals surface area (Å²) in [6.07, 6.45) is 0.826. The molecule has 1 atom stereocenters. The molecule has 0 amide bonds. The van der Waals surface area contributed by atoms with Gasteiger partial charge in [0.1, 0.15) is 5.82 Å². The van der Waals surface area contributed by atoms with Gasteiger partial charge in [-0.3, -0.25) is 0 Å². The molecule has 3 rings (SSSR count). The minimum absolute atomic E-state index is 0.160. The highest BCUT2D eigenvalue weighted by atomic mass is 32.1. The van der Waals surface area contributed by atoms with Crippen molar-refractivity contribution in [3.05, 3.63) is 39.5 Å². The molecule has 1 heterocycles. The minimum atomic E-state index is -0.160. The number of benzene rings is 1. The quantitative estimate of drug-likeness (QED) is 0.784. The van der Waals surface area contributed by atoms with E-state index in [-0.39, 0.29) is 5.82 Å². The second-order valence-electron chi connectivity index (χ2n) is 4.76. The van der Waals surface area contributed by atoms with Gasteiger partial charge in [0.15, 0.2) is 0 Å². The van der Waals surface area contributed by atoms with Crippen LogP contribution in [-0.2, 0) is 6.42 Å². The summed E-state index contributed by atoms with van der Waals surface area (Å²) in [7, 11) is 1.95. The van der Waals surface area contributed by atoms with Gasteiger partial charge in [0, 0.05) is 29.3 Å². The molecule has 18 heavy (non-hydrogen) atoms. The summed E-state index contributed by atoms with van der Waals surface area (Å²) in [5.74, 6) is 0.266. The van der Waals surface area contributed by atoms with E-state index in [0.717, 1.165) is 29.8 Å². The predicted octanol–water partition coefficient (Wildman–Crippen LogP) is 3.18. The Morgan fingerprint density at radius 1 is 1.50 bits per heavy atom. The van der Waals surface area contributed by atoms with Crippen molar-refractivity contribution in [1.82, 2.24) is 10.3 Å². The van der Waals surface area contributed by atoms with E-state index in [1.165, 1.54) is 16.0 Å². The van der Waals surface area contributed by atoms with Crippen LogP contribution in [0.1, 0.15) is 28.3 Å². The number of likely N-dealkylation sites (N-methyl/N-ethyl adjacent to an activating group) is 1. The monoisotopic (exact) mass is 262 g/mol. The molecule has 0 aliphatic heterocycles. The summed E-state index contributed by atoms with van der Waals surface area (Å²) >= 11 is 1.76. The summed E-state index contributed by atoms with van der Waals surface area (Å²) in [6, 6.07) is 4.99. The van der Waals surface area contributed by atoms with Crippen molar-refractivity contribution in [2.24, 2.45) is 0 Å². The zero-order valence-corrected chi connectivity index (χ0v) is 11.3. The van der Waals surface area contributed by atoms with Crippen LogP contribution in [0.5, 0.6) is 0 Å². The molecule has 94 valence electrons. The lowest BCUT2D eigenvalue weighted by Gasteiger charge is -2.06. The van der Waals surface area contributed by atoms with E-state index in [9.17, 15) is 4.39 Å². The van der Waals surface area contributed by atoms with E-state index in [2.05, 4.69) is 12.2 Å². The lowest BCUT2D eigenvalue weighted by atomic mass is 10.1. The first-order valence-corrected chi connectivity index (χ1v) is 6.93. The lowest BCUT2D eigenvalue weighted by molar-refractivity contribution is 0.626. The molecule has 4 heteroatoms. The molecule has 2 aromatic rings. The van der Waals surface area contributed by atoms with Gasteiger partial charge in [0.25, 0.3) is 0 Å². The van der Waals surface area contributed by atoms with Crippen LogP contribution in [-0.4, -0.2) is 18.6 Å². The summed E-state index contributed by atoms with van der Waals surface area (Å²) in [6.45, 7) is 3.11. The van der Waals surface area contributed by atoms with Gasteiger partial charge in [-0.25, -0.2) is 9.37 Å². The Bertz CT molecular complexity index is 591. The Morgan fingerprint density at radius 3 is 3.11 bits per heavy atom. The van der Waals surface area contributed by atoms with Gasteiger partial charge >= 0.3 is 0 Å². The summed E-state index contributed by atoms with van der Waals surface area (Å²) in [5.41, 5.74) is 3.23. The third-order valence-electron chi connectivity index (χ3n) is 3.32. The minimum Gasteiger partial charge on any atom is -0.319 e. The summed E-state index contributed by atoms with van der Waals surface area (Å²) in [4.78, 5) is 6.01. The molecule has 1 aromatic heterocycles. The Labute approximate surface area is 110 Å². The lowest BCUT2D eigenvalue weighted by Crippen LogP contribution is -2.14. The molecule has 1 aromatic carbocycles. The van der Waals surface area contributed by atoms with Crippen molar-refractivity contribution in [3.63, 3.8) is 0 Å². The number of aromatic nitrogens is 1. The average Bonchev–Trinajstić information content (AvgIpc) is 2.85. The summed E-state index contributed by atoms with van der Waals surface area (Å²) in [5, 5.41) is 4.35. The van der Waals surface area contributed by atoms with E-state index in [4.69, 9.17) is 4.98 Å². The fourth-order valence-electron chi connectivity index (χ4n) is 2.42. The van der Waals surface area contributed by atoms with E-state index in [0.29, 0.717) is 5.92 Å². The van der Waals surface area contributed by atoms with Crippen molar-refractivity contribution in [3.8, 4) is 11.3 Å². The van der Waals surface area contributed by atoms with Gasteiger partial charge < -0.3 is 5.32 Å². The SMILES string of the molecule is CNCC(C)c1nc2c(s1)Cc1cc(F)ccc1-2. The van der Waals surface area contributed by atoms with Crippen LogP contribution in [0.2, 0.25) is 0 Å². The highest BCUT2D eigenvalue weighted by Crippen LogP contribution is 2.41. The molecule has 0 spiro atoms. The third kappa shape index (κ3) is 1.85. The number of thiazole rings is 1. The number of halogens is 1. The van der Waals surface area contributed by atoms with Crippen LogP contribution >= 0.6 is 11.3 Å². The maximum Gasteiger partial charge on any atom is 0.123 e. The Hall–Kier alpha value is -1.26. The fourth-order valence-corrected chi connectivity index (χ4v) is 3.57. The molecule has 1 aliphatic carbocycles. The van der Waals surface area contributed by atoms with Crippen molar-refractivity contribution in [1.29, 1.82) is 0 Å². The first-order chi connectivity index (χ1) is 8.69. The molecule has 0 saturated carbocycles. The van der Waals surface area contributed by atoms with Crippen LogP contribution in [0.15, 0.2) is 18.2 Å². The molecule has 1 N–H and O–H groups in total. The van der Waals surface area contributed by atoms with E-state index in [1.807, 2.05) is 13.1 Å². The molecule has 2 nitrogen and oxygen atoms in total. The zero-order valence-electron chi connectivity index (χ0n) is 10.5. The molecule has 0 saturated heterocycles. The fraction of sp³-hybridized carbons (Fsp3) is 0.357. The topological polar surface area (TPSA) is 24.9 Å². The first kappa shape index (κ1) is 11.8. The van der Waals surface area contributed by atoms with Crippen molar-refractivity contribution < 1.29 is 4.39 Å². The molecular formula is C14H15FN2S. The molecule has 1 unspecified atom stereocenters. The van der Waals surface area contributed by atoms with Crippen LogP contribution in [0.3, 0.4) is 0 Å². The normalized spacial score (nSPS) is 14.4. The second-order valence-corrected chi connectivity index (χ2v) is 5.88. The van der Waals surface area contributed by atoms with Crippen LogP contribution in [0.25, 0.3) is 11.3 Å². The van der Waals surface area contributed by atoms with Crippen molar-refractivity contribution >= 4 is 11.3 Å². The van der Waals surface area contributed by atoms with E-state index >= 15 is 0 Å². The predicted molar refractivity (Wildman–Crippen MR) is 72.7 cm³/mol. The summed E-state index contributed by atoms with van der Waals surface area (Å²) < 4.78 is 13.2. The number of nitrogens with zero attached hydrogens (tertiary/aromatic N) is 1. The number of fused-ring (bicyclic) bond motifs is 3. The van der Waals surface area contributed by atoms with Crippen LogP contribution < -0.4 is 5.32 Å². The largest absolute Gasteiger partial charge is 0.319 e. The van der Waals surface area contributed by atoms with Gasteiger partial charge in [0.2, 0.25) is 0 Å². The van der Waals surface area contributed by atoms with Crippen LogP contribution in [0.4, 0.5) is 4.39 Å². The van der Waals surface area contributed by atoms with Gasteiger partial charge in [-0.15, -0.1) is 11.3 Å². The van der Waals surface area contributed by atoms with Gasteiger partial charge in [-0.2, -0.15) is 0 Å². The number of rotatable bonds is 3. The molecule has 0 bridgehead atoms. The Kier molecular flexibility index (Phi) is 2.92. The number of hydrogen-bond donors (Lipinski definition) is 1. The average molecular weight is 262 g/mol. The van der Waals surface area contributed by atoms with E-state index < -0.39 is 0 Å². The van der Waals surface area contributed by atoms with Crippen molar-refractivity contribution in [2.75, 3.05) is 13.6 Å². The third-order valence-corrected chi connectivity index (χ3v) is 4.61. The van der Waals surface area contributed by atoms with Crippen molar-refractivity contribution in [2.45, 2.75) is 19.3 Å². The highest BCUT2D eigenvalue weighted by molar-refractivity contribution is 7.12. The smallest absolute Gasteiger partial charge is 0.123 e. The van der Waals surface area contributed by atoms with Gasteiger partial charge in [-0.05, 0) is 30.8 Å². The van der Waals surface area contributed by atoms with Crippen LogP contribution in [0, 0.1) is 5.82 Å². The second kappa shape index (κ2) is 4.44. The molecule has 1 aliphatic rings. The maximum atomic E-state index is 13.2. The standard InChI is InChI=1S/C14H15FN2S/c1-8(7-16-2)14-17-13-11-4-3-10(15)5-9(11)6-12(13)18-14/h3-5,8,16H,6-7H2,1-2H3. The molecule has 0 radical (unpaired) electrons. The first-order valence-electron chi connectivity index (χ1n) is 6.12. The van der Waals surface area contributed by atoms with Gasteiger partial charge in [-0.1, -0.05) is 6.92 Å². The zero-order chi connectivity index (χ0) is 12.7. The van der Waals surface area contributed by atoms with E-state index in [1.54, 1.807) is 17.4 Å². The highest BCUT2D eigenvalue weighted by Gasteiger charge is 2.24. The Morgan fingerprint density at radius 2 is 2.33 bits per heavy atom. The Balaban J connectivity index is 1.98. The number of nitrogens with one attached hydrogen (secondary N) is 1. The van der Waals surface area contributed by atoms with Gasteiger partial charge in [0.05, 0.1) is 10.7 Å². The number of hydrogen-bond acceptors (Lipinski definition) is 3. The maximum absolute atomic E-state index is 13.2.